The topological polar surface area (TPSA) is 47.6 Å². The molecule has 0 saturated heterocycles. The summed E-state index contributed by atoms with van der Waals surface area (Å²) in [6, 6.07) is 13.1. The van der Waals surface area contributed by atoms with Crippen molar-refractivity contribution >= 4 is 17.7 Å². The number of amides is 1. The third kappa shape index (κ3) is 3.88. The van der Waals surface area contributed by atoms with Crippen molar-refractivity contribution in [2.75, 3.05) is 19.5 Å². The van der Waals surface area contributed by atoms with Gasteiger partial charge in [-0.2, -0.15) is 0 Å². The molecule has 114 valence electrons. The van der Waals surface area contributed by atoms with Crippen molar-refractivity contribution in [3.63, 3.8) is 0 Å². The van der Waals surface area contributed by atoms with Crippen molar-refractivity contribution in [2.45, 2.75) is 6.92 Å². The molecule has 0 fully saturated rings. The van der Waals surface area contributed by atoms with Gasteiger partial charge in [-0.25, -0.2) is 0 Å². The summed E-state index contributed by atoms with van der Waals surface area (Å²) in [4.78, 5) is 12.0. The summed E-state index contributed by atoms with van der Waals surface area (Å²) in [5.74, 6) is 1.09. The van der Waals surface area contributed by atoms with Crippen molar-refractivity contribution in [3.8, 4) is 11.5 Å². The van der Waals surface area contributed by atoms with Gasteiger partial charge in [0, 0.05) is 11.8 Å². The molecule has 0 saturated carbocycles. The molecular formula is C18H19NO3. The van der Waals surface area contributed by atoms with Gasteiger partial charge in [0.25, 0.3) is 0 Å². The van der Waals surface area contributed by atoms with E-state index in [4.69, 9.17) is 9.47 Å². The van der Waals surface area contributed by atoms with Gasteiger partial charge in [-0.05, 0) is 37.3 Å². The highest BCUT2D eigenvalue weighted by molar-refractivity contribution is 6.02. The first-order valence-electron chi connectivity index (χ1n) is 6.90. The molecule has 4 nitrogen and oxygen atoms in total. The zero-order valence-electron chi connectivity index (χ0n) is 12.9. The second-order valence-corrected chi connectivity index (χ2v) is 4.76. The van der Waals surface area contributed by atoms with Crippen LogP contribution in [0.25, 0.3) is 6.08 Å². The Kier molecular flexibility index (Phi) is 5.20. The first kappa shape index (κ1) is 15.6. The number of ether oxygens (including phenoxy) is 2. The fraction of sp³-hybridized carbons (Fsp3) is 0.167. The van der Waals surface area contributed by atoms with E-state index in [9.17, 15) is 4.79 Å². The minimum Gasteiger partial charge on any atom is -0.496 e. The number of aryl methyl sites for hydroxylation is 1. The van der Waals surface area contributed by atoms with Gasteiger partial charge in [0.1, 0.15) is 11.5 Å². The maximum Gasteiger partial charge on any atom is 0.248 e. The van der Waals surface area contributed by atoms with E-state index in [2.05, 4.69) is 5.32 Å². The largest absolute Gasteiger partial charge is 0.496 e. The van der Waals surface area contributed by atoms with Crippen LogP contribution in [0.4, 0.5) is 5.69 Å². The molecule has 0 unspecified atom stereocenters. The first-order chi connectivity index (χ1) is 10.6. The normalized spacial score (nSPS) is 10.5. The first-order valence-corrected chi connectivity index (χ1v) is 6.90. The number of benzene rings is 2. The van der Waals surface area contributed by atoms with E-state index >= 15 is 0 Å². The van der Waals surface area contributed by atoms with E-state index in [0.29, 0.717) is 11.5 Å². The number of anilines is 1. The summed E-state index contributed by atoms with van der Waals surface area (Å²) in [7, 11) is 3.16. The fourth-order valence-electron chi connectivity index (χ4n) is 2.02. The summed E-state index contributed by atoms with van der Waals surface area (Å²) < 4.78 is 10.6. The predicted octanol–water partition coefficient (Wildman–Crippen LogP) is 3.66. The van der Waals surface area contributed by atoms with Crippen molar-refractivity contribution < 1.29 is 14.3 Å². The molecule has 0 bridgehead atoms. The van der Waals surface area contributed by atoms with Crippen LogP contribution in [0, 0.1) is 6.92 Å². The molecule has 0 atom stereocenters. The number of rotatable bonds is 5. The highest BCUT2D eigenvalue weighted by Gasteiger charge is 2.07. The van der Waals surface area contributed by atoms with Crippen LogP contribution in [-0.2, 0) is 4.79 Å². The van der Waals surface area contributed by atoms with Crippen LogP contribution in [0.1, 0.15) is 11.1 Å². The molecule has 0 spiro atoms. The van der Waals surface area contributed by atoms with E-state index in [1.54, 1.807) is 20.3 Å². The molecular weight excluding hydrogens is 278 g/mol. The standard InChI is InChI=1S/C18H19NO3/c1-13-7-9-14(10-8-13)19-18(20)12-11-15-16(21-2)5-4-6-17(15)22-3/h4-12H,1-3H3,(H,19,20). The van der Waals surface area contributed by atoms with Crippen molar-refractivity contribution in [1.82, 2.24) is 0 Å². The Morgan fingerprint density at radius 3 is 2.14 bits per heavy atom. The Morgan fingerprint density at radius 1 is 1.00 bits per heavy atom. The molecule has 0 aromatic heterocycles. The van der Waals surface area contributed by atoms with E-state index in [0.717, 1.165) is 16.8 Å². The molecule has 22 heavy (non-hydrogen) atoms. The molecule has 1 amide bonds. The quantitative estimate of drug-likeness (QED) is 0.857. The minimum atomic E-state index is -0.211. The molecule has 2 aromatic carbocycles. The lowest BCUT2D eigenvalue weighted by atomic mass is 10.1. The third-order valence-corrected chi connectivity index (χ3v) is 3.19. The van der Waals surface area contributed by atoms with Gasteiger partial charge in [0.2, 0.25) is 5.91 Å². The average Bonchev–Trinajstić information content (AvgIpc) is 2.54. The van der Waals surface area contributed by atoms with E-state index < -0.39 is 0 Å². The average molecular weight is 297 g/mol. The summed E-state index contributed by atoms with van der Waals surface area (Å²) in [6.45, 7) is 2.00. The summed E-state index contributed by atoms with van der Waals surface area (Å²) >= 11 is 0. The lowest BCUT2D eigenvalue weighted by Crippen LogP contribution is -2.07. The van der Waals surface area contributed by atoms with Gasteiger partial charge in [0.15, 0.2) is 0 Å². The maximum atomic E-state index is 12.0. The second-order valence-electron chi connectivity index (χ2n) is 4.76. The van der Waals surface area contributed by atoms with Crippen LogP contribution in [0.15, 0.2) is 48.5 Å². The van der Waals surface area contributed by atoms with Gasteiger partial charge < -0.3 is 14.8 Å². The molecule has 0 aliphatic heterocycles. The maximum absolute atomic E-state index is 12.0. The number of carbonyl (C=O) groups is 1. The number of nitrogens with one attached hydrogen (secondary N) is 1. The van der Waals surface area contributed by atoms with Crippen LogP contribution >= 0.6 is 0 Å². The molecule has 0 aliphatic carbocycles. The minimum absolute atomic E-state index is 0.211. The lowest BCUT2D eigenvalue weighted by Gasteiger charge is -2.09. The highest BCUT2D eigenvalue weighted by Crippen LogP contribution is 2.29. The van der Waals surface area contributed by atoms with Gasteiger partial charge in [-0.1, -0.05) is 23.8 Å². The Labute approximate surface area is 130 Å². The number of methoxy groups -OCH3 is 2. The number of hydrogen-bond donors (Lipinski definition) is 1. The van der Waals surface area contributed by atoms with Gasteiger partial charge in [-0.15, -0.1) is 0 Å². The van der Waals surface area contributed by atoms with Crippen LogP contribution in [0.2, 0.25) is 0 Å². The third-order valence-electron chi connectivity index (χ3n) is 3.19. The smallest absolute Gasteiger partial charge is 0.248 e. The Bertz CT molecular complexity index is 653. The molecule has 0 radical (unpaired) electrons. The molecule has 2 aromatic rings. The van der Waals surface area contributed by atoms with Gasteiger partial charge in [-0.3, -0.25) is 4.79 Å². The van der Waals surface area contributed by atoms with Crippen molar-refractivity contribution in [2.24, 2.45) is 0 Å². The Hall–Kier alpha value is -2.75. The second kappa shape index (κ2) is 7.31. The van der Waals surface area contributed by atoms with E-state index in [1.165, 1.54) is 6.08 Å². The zero-order valence-corrected chi connectivity index (χ0v) is 12.9. The van der Waals surface area contributed by atoms with E-state index in [-0.39, 0.29) is 5.91 Å². The van der Waals surface area contributed by atoms with Crippen LogP contribution < -0.4 is 14.8 Å². The number of hydrogen-bond acceptors (Lipinski definition) is 3. The molecule has 4 heteroatoms. The van der Waals surface area contributed by atoms with Gasteiger partial charge in [0.05, 0.1) is 19.8 Å². The van der Waals surface area contributed by atoms with Crippen molar-refractivity contribution in [3.05, 3.63) is 59.7 Å². The number of carbonyl (C=O) groups excluding carboxylic acids is 1. The van der Waals surface area contributed by atoms with Crippen LogP contribution in [0.3, 0.4) is 0 Å². The molecule has 1 N–H and O–H groups in total. The predicted molar refractivity (Wildman–Crippen MR) is 88.4 cm³/mol. The summed E-state index contributed by atoms with van der Waals surface area (Å²) in [6.07, 6.45) is 3.14. The van der Waals surface area contributed by atoms with Crippen LogP contribution in [0.5, 0.6) is 11.5 Å². The van der Waals surface area contributed by atoms with Crippen molar-refractivity contribution in [1.29, 1.82) is 0 Å². The summed E-state index contributed by atoms with van der Waals surface area (Å²) in [5, 5.41) is 2.81. The van der Waals surface area contributed by atoms with E-state index in [1.807, 2.05) is 49.4 Å². The fourth-order valence-corrected chi connectivity index (χ4v) is 2.02. The molecule has 2 rings (SSSR count). The zero-order chi connectivity index (χ0) is 15.9. The summed E-state index contributed by atoms with van der Waals surface area (Å²) in [5.41, 5.74) is 2.63. The highest BCUT2D eigenvalue weighted by atomic mass is 16.5. The Balaban J connectivity index is 2.14. The SMILES string of the molecule is COc1cccc(OC)c1C=CC(=O)Nc1ccc(C)cc1. The monoisotopic (exact) mass is 297 g/mol. The lowest BCUT2D eigenvalue weighted by molar-refractivity contribution is -0.111. The van der Waals surface area contributed by atoms with Gasteiger partial charge >= 0.3 is 0 Å². The van der Waals surface area contributed by atoms with Crippen LogP contribution in [-0.4, -0.2) is 20.1 Å². The molecule has 0 aliphatic rings. The molecule has 0 heterocycles. The Morgan fingerprint density at radius 2 is 1.59 bits per heavy atom.